The largest absolute Gasteiger partial charge is 0.348 e. The van der Waals surface area contributed by atoms with Crippen molar-refractivity contribution in [1.29, 1.82) is 0 Å². The Hall–Kier alpha value is -4.06. The summed E-state index contributed by atoms with van der Waals surface area (Å²) in [6.45, 7) is 7.21. The third kappa shape index (κ3) is 5.69. The second-order valence-corrected chi connectivity index (χ2v) is 9.31. The van der Waals surface area contributed by atoms with Crippen molar-refractivity contribution in [2.45, 2.75) is 26.1 Å². The van der Waals surface area contributed by atoms with Gasteiger partial charge >= 0.3 is 0 Å². The van der Waals surface area contributed by atoms with Gasteiger partial charge in [0.05, 0.1) is 12.6 Å². The Balaban J connectivity index is 1.35. The van der Waals surface area contributed by atoms with Gasteiger partial charge in [0.2, 0.25) is 5.95 Å². The lowest BCUT2D eigenvalue weighted by atomic mass is 10.1. The third-order valence-electron chi connectivity index (χ3n) is 6.71. The minimum absolute atomic E-state index is 0.0351. The minimum Gasteiger partial charge on any atom is -0.348 e. The van der Waals surface area contributed by atoms with Crippen molar-refractivity contribution in [2.75, 3.05) is 31.5 Å². The number of hydrogen-bond donors (Lipinski definition) is 2. The summed E-state index contributed by atoms with van der Waals surface area (Å²) in [5.74, 6) is 2.36. The fourth-order valence-corrected chi connectivity index (χ4v) is 4.55. The average molecular weight is 497 g/mol. The lowest BCUT2D eigenvalue weighted by molar-refractivity contribution is 0.233. The van der Waals surface area contributed by atoms with E-state index < -0.39 is 5.82 Å². The van der Waals surface area contributed by atoms with E-state index in [2.05, 4.69) is 55.7 Å². The van der Waals surface area contributed by atoms with Crippen molar-refractivity contribution in [3.05, 3.63) is 99.2 Å². The van der Waals surface area contributed by atoms with Gasteiger partial charge in [-0.3, -0.25) is 14.3 Å². The van der Waals surface area contributed by atoms with Gasteiger partial charge in [-0.2, -0.15) is 4.98 Å². The Morgan fingerprint density at radius 3 is 2.62 bits per heavy atom. The number of halogens is 1. The predicted molar refractivity (Wildman–Crippen MR) is 144 cm³/mol. The summed E-state index contributed by atoms with van der Waals surface area (Å²) in [6.07, 6.45) is 7.03. The SMILES string of the molecule is C#Cc1ccc(Cn2c(=O)ccc3cnc(NC(C)c4ccc(CN5CCNCC5)cc4)nc32)c(F)c1. The molecule has 5 rings (SSSR count). The van der Waals surface area contributed by atoms with Gasteiger partial charge in [0.25, 0.3) is 5.56 Å². The van der Waals surface area contributed by atoms with E-state index in [1.54, 1.807) is 24.4 Å². The Bertz CT molecular complexity index is 1500. The van der Waals surface area contributed by atoms with Crippen LogP contribution in [0.5, 0.6) is 0 Å². The Morgan fingerprint density at radius 1 is 1.11 bits per heavy atom. The molecule has 8 heteroatoms. The maximum absolute atomic E-state index is 14.6. The van der Waals surface area contributed by atoms with Gasteiger partial charge in [-0.15, -0.1) is 6.42 Å². The molecule has 1 aliphatic rings. The molecule has 2 N–H and O–H groups in total. The summed E-state index contributed by atoms with van der Waals surface area (Å²) >= 11 is 0. The molecule has 188 valence electrons. The molecule has 0 saturated carbocycles. The van der Waals surface area contributed by atoms with Crippen molar-refractivity contribution >= 4 is 17.0 Å². The first-order valence-corrected chi connectivity index (χ1v) is 12.4. The average Bonchev–Trinajstić information content (AvgIpc) is 2.92. The van der Waals surface area contributed by atoms with Crippen LogP contribution in [0.2, 0.25) is 0 Å². The quantitative estimate of drug-likeness (QED) is 0.382. The molecule has 1 saturated heterocycles. The number of fused-ring (bicyclic) bond motifs is 1. The van der Waals surface area contributed by atoms with Crippen LogP contribution < -0.4 is 16.2 Å². The van der Waals surface area contributed by atoms with Gasteiger partial charge in [-0.25, -0.2) is 9.37 Å². The summed E-state index contributed by atoms with van der Waals surface area (Å²) in [6, 6.07) is 16.2. The maximum atomic E-state index is 14.6. The van der Waals surface area contributed by atoms with Gasteiger partial charge in [-0.1, -0.05) is 36.3 Å². The summed E-state index contributed by atoms with van der Waals surface area (Å²) in [5.41, 5.74) is 3.36. The van der Waals surface area contributed by atoms with Crippen LogP contribution >= 0.6 is 0 Å². The number of terminal acetylenes is 1. The highest BCUT2D eigenvalue weighted by Crippen LogP contribution is 2.20. The second kappa shape index (κ2) is 10.9. The molecular formula is C29H29FN6O. The number of aromatic nitrogens is 3. The molecule has 1 atom stereocenters. The smallest absolute Gasteiger partial charge is 0.252 e. The number of rotatable bonds is 7. The number of benzene rings is 2. The van der Waals surface area contributed by atoms with Crippen LogP contribution in [0.15, 0.2) is 65.6 Å². The van der Waals surface area contributed by atoms with Gasteiger partial charge < -0.3 is 10.6 Å². The highest BCUT2D eigenvalue weighted by molar-refractivity contribution is 5.75. The number of pyridine rings is 1. The van der Waals surface area contributed by atoms with E-state index in [1.165, 1.54) is 22.3 Å². The van der Waals surface area contributed by atoms with Gasteiger partial charge in [0, 0.05) is 61.5 Å². The van der Waals surface area contributed by atoms with Crippen LogP contribution in [-0.4, -0.2) is 45.6 Å². The number of nitrogens with zero attached hydrogens (tertiary/aromatic N) is 4. The van der Waals surface area contributed by atoms with Crippen molar-refractivity contribution in [2.24, 2.45) is 0 Å². The van der Waals surface area contributed by atoms with Gasteiger partial charge in [-0.05, 0) is 36.2 Å². The molecule has 0 spiro atoms. The zero-order valence-electron chi connectivity index (χ0n) is 20.7. The zero-order chi connectivity index (χ0) is 25.8. The highest BCUT2D eigenvalue weighted by Gasteiger charge is 2.14. The molecule has 0 amide bonds. The zero-order valence-corrected chi connectivity index (χ0v) is 20.7. The van der Waals surface area contributed by atoms with Crippen LogP contribution in [0, 0.1) is 18.2 Å². The van der Waals surface area contributed by atoms with E-state index in [1.807, 2.05) is 6.92 Å². The predicted octanol–water partition coefficient (Wildman–Crippen LogP) is 3.54. The standard InChI is InChI=1S/C29H29FN6O/c1-3-21-4-9-25(26(30)16-21)19-36-27(37)11-10-24-17-32-29(34-28(24)36)33-20(2)23-7-5-22(6-8-23)18-35-14-12-31-13-15-35/h1,4-11,16-17,20,31H,12-15,18-19H2,2H3,(H,32,33,34). The monoisotopic (exact) mass is 496 g/mol. The highest BCUT2D eigenvalue weighted by atomic mass is 19.1. The molecule has 1 aliphatic heterocycles. The Morgan fingerprint density at radius 2 is 1.89 bits per heavy atom. The van der Waals surface area contributed by atoms with E-state index >= 15 is 0 Å². The van der Waals surface area contributed by atoms with E-state index in [4.69, 9.17) is 6.42 Å². The fraction of sp³-hybridized carbons (Fsp3) is 0.276. The molecule has 3 heterocycles. The molecule has 1 unspecified atom stereocenters. The third-order valence-corrected chi connectivity index (χ3v) is 6.71. The molecule has 1 fully saturated rings. The summed E-state index contributed by atoms with van der Waals surface area (Å²) in [4.78, 5) is 24.2. The normalized spacial score (nSPS) is 14.8. The van der Waals surface area contributed by atoms with Crippen LogP contribution in [-0.2, 0) is 13.1 Å². The minimum atomic E-state index is -0.458. The number of hydrogen-bond acceptors (Lipinski definition) is 6. The van der Waals surface area contributed by atoms with Crippen molar-refractivity contribution < 1.29 is 4.39 Å². The maximum Gasteiger partial charge on any atom is 0.252 e. The molecule has 2 aromatic carbocycles. The van der Waals surface area contributed by atoms with E-state index in [-0.39, 0.29) is 18.1 Å². The van der Waals surface area contributed by atoms with Gasteiger partial charge in [0.15, 0.2) is 0 Å². The molecule has 7 nitrogen and oxygen atoms in total. The molecular weight excluding hydrogens is 467 g/mol. The Labute approximate surface area is 215 Å². The van der Waals surface area contributed by atoms with Crippen LogP contribution in [0.1, 0.15) is 35.2 Å². The number of anilines is 1. The lowest BCUT2D eigenvalue weighted by Gasteiger charge is -2.27. The summed E-state index contributed by atoms with van der Waals surface area (Å²) in [7, 11) is 0. The summed E-state index contributed by atoms with van der Waals surface area (Å²) in [5, 5.41) is 7.41. The van der Waals surface area contributed by atoms with Crippen molar-refractivity contribution in [1.82, 2.24) is 24.8 Å². The fourth-order valence-electron chi connectivity index (χ4n) is 4.55. The first kappa shape index (κ1) is 24.6. The number of piperazine rings is 1. The molecule has 4 aromatic rings. The molecule has 37 heavy (non-hydrogen) atoms. The second-order valence-electron chi connectivity index (χ2n) is 9.31. The first-order chi connectivity index (χ1) is 18.0. The molecule has 0 bridgehead atoms. The van der Waals surface area contributed by atoms with Gasteiger partial charge in [0.1, 0.15) is 11.5 Å². The van der Waals surface area contributed by atoms with E-state index in [0.29, 0.717) is 28.1 Å². The molecule has 0 aliphatic carbocycles. The van der Waals surface area contributed by atoms with Crippen molar-refractivity contribution in [3.63, 3.8) is 0 Å². The van der Waals surface area contributed by atoms with Crippen molar-refractivity contribution in [3.8, 4) is 12.3 Å². The summed E-state index contributed by atoms with van der Waals surface area (Å²) < 4.78 is 16.0. The number of nitrogens with one attached hydrogen (secondary N) is 2. The van der Waals surface area contributed by atoms with E-state index in [9.17, 15) is 9.18 Å². The lowest BCUT2D eigenvalue weighted by Crippen LogP contribution is -2.42. The molecule has 0 radical (unpaired) electrons. The first-order valence-electron chi connectivity index (χ1n) is 12.4. The van der Waals surface area contributed by atoms with Crippen LogP contribution in [0.25, 0.3) is 11.0 Å². The van der Waals surface area contributed by atoms with E-state index in [0.717, 1.165) is 38.3 Å². The molecule has 2 aromatic heterocycles. The van der Waals surface area contributed by atoms with Crippen LogP contribution in [0.3, 0.4) is 0 Å². The Kier molecular flexibility index (Phi) is 7.26. The topological polar surface area (TPSA) is 75.1 Å². The van der Waals surface area contributed by atoms with Crippen LogP contribution in [0.4, 0.5) is 10.3 Å².